The highest BCUT2D eigenvalue weighted by atomic mass is 16.4. The van der Waals surface area contributed by atoms with Gasteiger partial charge in [-0.1, -0.05) is 24.3 Å². The van der Waals surface area contributed by atoms with Crippen molar-refractivity contribution < 1.29 is 58.8 Å². The highest BCUT2D eigenvalue weighted by Gasteiger charge is 2.32. The number of guanidine groups is 1. The number of hydrogen-bond donors (Lipinski definition) is 14. The number of phenolic OH excluding ortho intramolecular Hbond substituents is 2. The lowest BCUT2D eigenvalue weighted by molar-refractivity contribution is -0.142. The Morgan fingerprint density at radius 2 is 1.25 bits per heavy atom. The van der Waals surface area contributed by atoms with Crippen LogP contribution in [0.5, 0.6) is 11.5 Å². The van der Waals surface area contributed by atoms with E-state index in [9.17, 15) is 58.8 Å². The predicted octanol–water partition coefficient (Wildman–Crippen LogP) is -3.65. The molecule has 0 spiro atoms. The number of carboxylic acids is 2. The summed E-state index contributed by atoms with van der Waals surface area (Å²) in [6.45, 7) is 0.516. The van der Waals surface area contributed by atoms with Gasteiger partial charge in [0.1, 0.15) is 41.7 Å². The van der Waals surface area contributed by atoms with Crippen molar-refractivity contribution in [2.75, 3.05) is 13.1 Å². The number of rotatable bonds is 25. The maximum absolute atomic E-state index is 13.9. The van der Waals surface area contributed by atoms with Crippen LogP contribution in [-0.4, -0.2) is 133 Å². The van der Waals surface area contributed by atoms with Crippen LogP contribution < -0.4 is 49.1 Å². The molecular formula is C39H52N12O12. The zero-order chi connectivity index (χ0) is 46.6. The summed E-state index contributed by atoms with van der Waals surface area (Å²) < 4.78 is 0. The molecule has 0 aliphatic rings. The van der Waals surface area contributed by atoms with Crippen molar-refractivity contribution in [3.63, 3.8) is 0 Å². The van der Waals surface area contributed by atoms with Gasteiger partial charge in [0.15, 0.2) is 5.96 Å². The van der Waals surface area contributed by atoms with Crippen LogP contribution in [0.1, 0.15) is 43.0 Å². The zero-order valence-corrected chi connectivity index (χ0v) is 34.1. The van der Waals surface area contributed by atoms with Crippen LogP contribution in [-0.2, 0) is 57.6 Å². The number of carboxylic acid groups (broad SMARTS) is 2. The summed E-state index contributed by atoms with van der Waals surface area (Å²) in [5.41, 5.74) is 18.4. The van der Waals surface area contributed by atoms with Crippen LogP contribution in [0.2, 0.25) is 0 Å². The maximum atomic E-state index is 13.9. The number of carbonyl (C=O) groups is 8. The summed E-state index contributed by atoms with van der Waals surface area (Å²) in [6.07, 6.45) is 1.48. The second-order valence-electron chi connectivity index (χ2n) is 14.3. The number of nitrogens with zero attached hydrogens (tertiary/aromatic N) is 2. The number of aromatic nitrogens is 2. The van der Waals surface area contributed by atoms with Gasteiger partial charge in [0.05, 0.1) is 25.3 Å². The topological polar surface area (TPSA) is 409 Å². The van der Waals surface area contributed by atoms with Crippen LogP contribution in [0, 0.1) is 0 Å². The first kappa shape index (κ1) is 49.6. The minimum absolute atomic E-state index is 0.00345. The van der Waals surface area contributed by atoms with Gasteiger partial charge in [0.25, 0.3) is 0 Å². The first-order valence-corrected chi connectivity index (χ1v) is 19.4. The standard InChI is InChI=1S/C39H52N12O12/c1-20(33(57)51-30(38(62)63)15-23-17-43-19-46-23)47-31(54)18-45-35(59)29(16-32(55)56)50-37(61)28(14-22-6-10-25(53)11-7-22)49-36(60)27(3-2-12-44-39(41)42)48-34(58)26(40)13-21-4-8-24(52)9-5-21/h4-11,17,19-20,26-30,52-53H,2-3,12-16,18,40H2,1H3,(H,43,46)(H,45,59)(H,47,54)(H,48,58)(H,49,60)(H,50,61)(H,51,57)(H,55,56)(H,62,63)(H4,41,42,44)/t20-,26-,27-,28-,29-,30-/m0/s1. The molecule has 0 aliphatic heterocycles. The summed E-state index contributed by atoms with van der Waals surface area (Å²) in [6, 6.07) is 3.01. The molecule has 1 heterocycles. The van der Waals surface area contributed by atoms with Crippen molar-refractivity contribution >= 4 is 53.3 Å². The van der Waals surface area contributed by atoms with E-state index in [1.165, 1.54) is 55.8 Å². The fourth-order valence-corrected chi connectivity index (χ4v) is 5.80. The highest BCUT2D eigenvalue weighted by molar-refractivity contribution is 5.97. The highest BCUT2D eigenvalue weighted by Crippen LogP contribution is 2.14. The van der Waals surface area contributed by atoms with Gasteiger partial charge < -0.3 is 74.5 Å². The van der Waals surface area contributed by atoms with Gasteiger partial charge in [-0.15, -0.1) is 0 Å². The monoisotopic (exact) mass is 880 g/mol. The lowest BCUT2D eigenvalue weighted by atomic mass is 10.0. The minimum atomic E-state index is -1.81. The van der Waals surface area contributed by atoms with Crippen molar-refractivity contribution in [1.29, 1.82) is 0 Å². The molecule has 6 atom stereocenters. The van der Waals surface area contributed by atoms with Crippen molar-refractivity contribution in [2.24, 2.45) is 22.2 Å². The molecule has 1 aromatic heterocycles. The molecule has 0 fully saturated rings. The number of nitrogens with one attached hydrogen (secondary N) is 7. The van der Waals surface area contributed by atoms with Crippen LogP contribution in [0.15, 0.2) is 66.0 Å². The molecule has 340 valence electrons. The first-order chi connectivity index (χ1) is 29.8. The molecule has 0 radical (unpaired) electrons. The van der Waals surface area contributed by atoms with E-state index in [0.29, 0.717) is 16.8 Å². The average molecular weight is 881 g/mol. The van der Waals surface area contributed by atoms with Crippen LogP contribution in [0.25, 0.3) is 0 Å². The Kier molecular flexibility index (Phi) is 19.3. The molecule has 0 bridgehead atoms. The van der Waals surface area contributed by atoms with E-state index in [1.54, 1.807) is 12.1 Å². The largest absolute Gasteiger partial charge is 0.508 e. The summed E-state index contributed by atoms with van der Waals surface area (Å²) in [5.74, 6) is -8.80. The van der Waals surface area contributed by atoms with Crippen LogP contribution >= 0.6 is 0 Å². The number of aliphatic carboxylic acids is 2. The quantitative estimate of drug-likeness (QED) is 0.0222. The Morgan fingerprint density at radius 3 is 1.81 bits per heavy atom. The van der Waals surface area contributed by atoms with Gasteiger partial charge in [-0.3, -0.25) is 38.6 Å². The fraction of sp³-hybridized carbons (Fsp3) is 0.385. The number of nitrogens with two attached hydrogens (primary N) is 3. The first-order valence-electron chi connectivity index (χ1n) is 19.4. The molecule has 17 N–H and O–H groups in total. The number of H-pyrrole nitrogens is 1. The fourth-order valence-electron chi connectivity index (χ4n) is 5.80. The molecule has 2 aromatic carbocycles. The molecule has 24 nitrogen and oxygen atoms in total. The summed E-state index contributed by atoms with van der Waals surface area (Å²) >= 11 is 0. The lowest BCUT2D eigenvalue weighted by Gasteiger charge is -2.26. The Morgan fingerprint density at radius 1 is 0.698 bits per heavy atom. The summed E-state index contributed by atoms with van der Waals surface area (Å²) in [7, 11) is 0. The molecule has 0 saturated heterocycles. The maximum Gasteiger partial charge on any atom is 0.326 e. The van der Waals surface area contributed by atoms with Crippen LogP contribution in [0.3, 0.4) is 0 Å². The zero-order valence-electron chi connectivity index (χ0n) is 34.1. The number of imidazole rings is 1. The van der Waals surface area contributed by atoms with E-state index in [0.717, 1.165) is 0 Å². The molecule has 6 amide bonds. The van der Waals surface area contributed by atoms with Crippen molar-refractivity contribution in [3.8, 4) is 11.5 Å². The molecule has 0 unspecified atom stereocenters. The van der Waals surface area contributed by atoms with Crippen molar-refractivity contribution in [2.45, 2.75) is 81.7 Å². The van der Waals surface area contributed by atoms with Gasteiger partial charge in [0.2, 0.25) is 35.4 Å². The molecule has 0 saturated carbocycles. The predicted molar refractivity (Wildman–Crippen MR) is 222 cm³/mol. The van der Waals surface area contributed by atoms with Gasteiger partial charge >= 0.3 is 11.9 Å². The van der Waals surface area contributed by atoms with Gasteiger partial charge in [0, 0.05) is 31.3 Å². The lowest BCUT2D eigenvalue weighted by Crippen LogP contribution is -2.59. The molecule has 3 aromatic rings. The number of aromatic amines is 1. The number of benzene rings is 2. The summed E-state index contributed by atoms with van der Waals surface area (Å²) in [4.78, 5) is 114. The average Bonchev–Trinajstić information content (AvgIpc) is 3.74. The Bertz CT molecular complexity index is 2080. The normalized spacial score (nSPS) is 13.6. The molecular weight excluding hydrogens is 829 g/mol. The van der Waals surface area contributed by atoms with Crippen LogP contribution in [0.4, 0.5) is 0 Å². The van der Waals surface area contributed by atoms with E-state index >= 15 is 0 Å². The SMILES string of the molecule is C[C@H](NC(=O)CNC(=O)[C@H](CC(=O)O)NC(=O)[C@H](Cc1ccc(O)cc1)NC(=O)[C@H](CCCN=C(N)N)NC(=O)[C@@H](N)Cc1ccc(O)cc1)C(=O)N[C@@H](Cc1cnc[nH]1)C(=O)O. The van der Waals surface area contributed by atoms with Gasteiger partial charge in [-0.2, -0.15) is 0 Å². The number of carbonyl (C=O) groups excluding carboxylic acids is 6. The number of hydrogen-bond acceptors (Lipinski definition) is 13. The Labute approximate surface area is 359 Å². The van der Waals surface area contributed by atoms with Gasteiger partial charge in [-0.25, -0.2) is 9.78 Å². The van der Waals surface area contributed by atoms with Gasteiger partial charge in [-0.05, 0) is 61.6 Å². The van der Waals surface area contributed by atoms with E-state index in [4.69, 9.17) is 17.2 Å². The van der Waals surface area contributed by atoms with Crippen molar-refractivity contribution in [3.05, 3.63) is 77.9 Å². The molecule has 63 heavy (non-hydrogen) atoms. The second-order valence-corrected chi connectivity index (χ2v) is 14.3. The number of aliphatic imine (C=N–C) groups is 1. The third-order valence-corrected chi connectivity index (χ3v) is 9.12. The number of amides is 6. The molecule has 3 rings (SSSR count). The smallest absolute Gasteiger partial charge is 0.326 e. The van der Waals surface area contributed by atoms with E-state index < -0.39 is 96.6 Å². The van der Waals surface area contributed by atoms with E-state index in [-0.39, 0.29) is 56.1 Å². The molecule has 24 heteroatoms. The van der Waals surface area contributed by atoms with Crippen molar-refractivity contribution in [1.82, 2.24) is 41.9 Å². The summed E-state index contributed by atoms with van der Waals surface area (Å²) in [5, 5.41) is 52.7. The third kappa shape index (κ3) is 17.8. The number of phenols is 2. The third-order valence-electron chi connectivity index (χ3n) is 9.12. The number of aromatic hydroxyl groups is 2. The minimum Gasteiger partial charge on any atom is -0.508 e. The molecule has 0 aliphatic carbocycles. The van der Waals surface area contributed by atoms with E-state index in [1.807, 2.05) is 0 Å². The second kappa shape index (κ2) is 24.5. The Hall–Kier alpha value is -7.76. The Balaban J connectivity index is 1.74. The van der Waals surface area contributed by atoms with E-state index in [2.05, 4.69) is 46.9 Å².